The number of unbranched alkanes of at least 4 members (excludes halogenated alkanes) is 8. The number of nitrogens with one attached hydrogen (secondary N) is 4. The van der Waals surface area contributed by atoms with Crippen LogP contribution >= 0.6 is 12.4 Å². The maximum Gasteiger partial charge on any atom is 0.220 e. The molecule has 0 spiro atoms. The molecule has 8 nitrogen and oxygen atoms in total. The van der Waals surface area contributed by atoms with Crippen LogP contribution in [0.2, 0.25) is 0 Å². The lowest BCUT2D eigenvalue weighted by molar-refractivity contribution is -0.122. The number of hydrogen-bond donors (Lipinski definition) is 4. The Balaban J connectivity index is 0.00000561. The predicted molar refractivity (Wildman–Crippen MR) is 229 cm³/mol. The molecule has 0 bridgehead atoms. The van der Waals surface area contributed by atoms with Crippen molar-refractivity contribution >= 4 is 79.2 Å². The van der Waals surface area contributed by atoms with Crippen LogP contribution in [0.25, 0.3) is 43.6 Å². The van der Waals surface area contributed by atoms with E-state index in [-0.39, 0.29) is 24.2 Å². The zero-order chi connectivity index (χ0) is 36.5. The summed E-state index contributed by atoms with van der Waals surface area (Å²) in [4.78, 5) is 34.1. The molecule has 0 saturated heterocycles. The number of amides is 2. The van der Waals surface area contributed by atoms with Crippen LogP contribution in [0.4, 0.5) is 11.4 Å². The molecule has 0 unspecified atom stereocenters. The third-order valence-electron chi connectivity index (χ3n) is 9.94. The highest BCUT2D eigenvalue weighted by atomic mass is 35.5. The maximum atomic E-state index is 12.3. The smallest absolute Gasteiger partial charge is 0.220 e. The second kappa shape index (κ2) is 21.7. The van der Waals surface area contributed by atoms with Crippen molar-refractivity contribution in [3.05, 3.63) is 97.1 Å². The quantitative estimate of drug-likeness (QED) is 0.0407. The predicted octanol–water partition coefficient (Wildman–Crippen LogP) is 10.3. The number of anilines is 2. The van der Waals surface area contributed by atoms with E-state index in [1.807, 2.05) is 24.3 Å². The number of benzene rings is 4. The molecule has 9 heteroatoms. The molecular weight excluding hydrogens is 692 g/mol. The van der Waals surface area contributed by atoms with Crippen molar-refractivity contribution < 1.29 is 9.59 Å². The van der Waals surface area contributed by atoms with Gasteiger partial charge in [0, 0.05) is 60.6 Å². The lowest BCUT2D eigenvalue weighted by atomic mass is 10.1. The summed E-state index contributed by atoms with van der Waals surface area (Å²) in [5.74, 6) is 0.0807. The number of halogens is 1. The van der Waals surface area contributed by atoms with Gasteiger partial charge in [-0.1, -0.05) is 111 Å². The zero-order valence-corrected chi connectivity index (χ0v) is 32.2. The van der Waals surface area contributed by atoms with E-state index in [1.165, 1.54) is 11.4 Å². The molecule has 54 heavy (non-hydrogen) atoms. The van der Waals surface area contributed by atoms with Gasteiger partial charge in [0.05, 0.1) is 33.4 Å². The molecule has 0 aliphatic heterocycles. The zero-order valence-electron chi connectivity index (χ0n) is 31.4. The molecule has 284 valence electrons. The number of pyridine rings is 2. The Kier molecular flexibility index (Phi) is 16.2. The van der Waals surface area contributed by atoms with Gasteiger partial charge in [-0.25, -0.2) is 9.97 Å². The summed E-state index contributed by atoms with van der Waals surface area (Å²) in [6, 6.07) is 33.2. The molecule has 4 aromatic carbocycles. The minimum absolute atomic E-state index is 0. The molecule has 6 aromatic rings. The van der Waals surface area contributed by atoms with Crippen LogP contribution in [0.1, 0.15) is 83.5 Å². The van der Waals surface area contributed by atoms with Gasteiger partial charge in [0.15, 0.2) is 0 Å². The first-order valence-corrected chi connectivity index (χ1v) is 19.7. The number of carbonyl (C=O) groups is 2. The van der Waals surface area contributed by atoms with Gasteiger partial charge in [0.25, 0.3) is 0 Å². The highest BCUT2D eigenvalue weighted by Gasteiger charge is 2.10. The molecule has 0 radical (unpaired) electrons. The largest absolute Gasteiger partial charge is 0.384 e. The van der Waals surface area contributed by atoms with Crippen molar-refractivity contribution in [3.63, 3.8) is 0 Å². The number of fused-ring (bicyclic) bond motifs is 4. The Bertz CT molecular complexity index is 1850. The highest BCUT2D eigenvalue weighted by molar-refractivity contribution is 6.08. The van der Waals surface area contributed by atoms with E-state index in [4.69, 9.17) is 9.97 Å². The monoisotopic (exact) mass is 746 g/mol. The summed E-state index contributed by atoms with van der Waals surface area (Å²) in [5, 5.41) is 18.1. The SMILES string of the molecule is Cl.O=C(CCCC(=O)NCCCCCCCNc1c2ccccc2nc2ccccc12)NCCCCCCCNc1c2ccccc2nc2ccccc12. The third kappa shape index (κ3) is 11.5. The average molecular weight is 747 g/mol. The first kappa shape index (κ1) is 40.2. The van der Waals surface area contributed by atoms with Crippen molar-refractivity contribution in [2.24, 2.45) is 0 Å². The standard InChI is InChI=1S/C45H54N6O2.ClH/c52-42(46-30-15-3-1-5-17-32-48-44-34-20-7-11-24-38(34)50-39-25-12-8-21-35(39)44)28-19-29-43(53)47-31-16-4-2-6-18-33-49-45-36-22-9-13-26-40(36)51-41-27-14-10-23-37(41)45;/h7-14,20-27H,1-6,15-19,28-33H2,(H,46,52)(H,47,53)(H,48,50)(H,49,51);1H. The van der Waals surface area contributed by atoms with E-state index < -0.39 is 0 Å². The van der Waals surface area contributed by atoms with Gasteiger partial charge in [0.2, 0.25) is 11.8 Å². The topological polar surface area (TPSA) is 108 Å². The van der Waals surface area contributed by atoms with Crippen LogP contribution in [0.3, 0.4) is 0 Å². The van der Waals surface area contributed by atoms with Gasteiger partial charge < -0.3 is 21.3 Å². The van der Waals surface area contributed by atoms with Crippen molar-refractivity contribution in [3.8, 4) is 0 Å². The minimum Gasteiger partial charge on any atom is -0.384 e. The lowest BCUT2D eigenvalue weighted by Gasteiger charge is -2.13. The second-order valence-electron chi connectivity index (χ2n) is 14.0. The van der Waals surface area contributed by atoms with Crippen LogP contribution in [-0.4, -0.2) is 48.0 Å². The molecule has 0 aliphatic carbocycles. The Morgan fingerprint density at radius 1 is 0.389 bits per heavy atom. The number of carbonyl (C=O) groups excluding carboxylic acids is 2. The first-order valence-electron chi connectivity index (χ1n) is 19.7. The van der Waals surface area contributed by atoms with Gasteiger partial charge in [-0.15, -0.1) is 12.4 Å². The molecule has 2 aromatic heterocycles. The number of nitrogens with zero attached hydrogens (tertiary/aromatic N) is 2. The molecule has 6 rings (SSSR count). The summed E-state index contributed by atoms with van der Waals surface area (Å²) >= 11 is 0. The molecule has 0 aliphatic rings. The molecule has 0 atom stereocenters. The normalized spacial score (nSPS) is 11.1. The molecule has 0 saturated carbocycles. The number of aromatic nitrogens is 2. The Morgan fingerprint density at radius 3 is 1.04 bits per heavy atom. The van der Waals surface area contributed by atoms with E-state index in [2.05, 4.69) is 94.1 Å². The Labute approximate surface area is 325 Å². The maximum absolute atomic E-state index is 12.3. The fraction of sp³-hybridized carbons (Fsp3) is 0.378. The van der Waals surface area contributed by atoms with Crippen LogP contribution in [0, 0.1) is 0 Å². The molecular formula is C45H55ClN6O2. The number of para-hydroxylation sites is 4. The van der Waals surface area contributed by atoms with Crippen LogP contribution in [0.15, 0.2) is 97.1 Å². The summed E-state index contributed by atoms with van der Waals surface area (Å²) in [7, 11) is 0. The summed E-state index contributed by atoms with van der Waals surface area (Å²) in [6.45, 7) is 3.24. The Hall–Kier alpha value is -4.95. The first-order chi connectivity index (χ1) is 26.2. The van der Waals surface area contributed by atoms with Gasteiger partial charge in [-0.2, -0.15) is 0 Å². The molecule has 2 amide bonds. The fourth-order valence-corrected chi connectivity index (χ4v) is 7.09. The fourth-order valence-electron chi connectivity index (χ4n) is 7.09. The molecule has 4 N–H and O–H groups in total. The second-order valence-corrected chi connectivity index (χ2v) is 14.0. The van der Waals surface area contributed by atoms with Crippen molar-refractivity contribution in [1.82, 2.24) is 20.6 Å². The van der Waals surface area contributed by atoms with Crippen LogP contribution < -0.4 is 21.3 Å². The van der Waals surface area contributed by atoms with Gasteiger partial charge in [0.1, 0.15) is 0 Å². The molecule has 2 heterocycles. The van der Waals surface area contributed by atoms with Crippen molar-refractivity contribution in [1.29, 1.82) is 0 Å². The van der Waals surface area contributed by atoms with Gasteiger partial charge in [-0.05, 0) is 56.4 Å². The highest BCUT2D eigenvalue weighted by Crippen LogP contribution is 2.32. The van der Waals surface area contributed by atoms with E-state index in [0.29, 0.717) is 32.4 Å². The summed E-state index contributed by atoms with van der Waals surface area (Å²) in [6.07, 6.45) is 12.3. The van der Waals surface area contributed by atoms with Gasteiger partial charge >= 0.3 is 0 Å². The summed E-state index contributed by atoms with van der Waals surface area (Å²) < 4.78 is 0. The van der Waals surface area contributed by atoms with E-state index in [1.54, 1.807) is 0 Å². The van der Waals surface area contributed by atoms with Gasteiger partial charge in [-0.3, -0.25) is 9.59 Å². The van der Waals surface area contributed by atoms with Crippen molar-refractivity contribution in [2.75, 3.05) is 36.8 Å². The summed E-state index contributed by atoms with van der Waals surface area (Å²) in [5.41, 5.74) is 6.40. The van der Waals surface area contributed by atoms with Crippen LogP contribution in [-0.2, 0) is 9.59 Å². The van der Waals surface area contributed by atoms with E-state index >= 15 is 0 Å². The van der Waals surface area contributed by atoms with Crippen molar-refractivity contribution in [2.45, 2.75) is 83.5 Å². The lowest BCUT2D eigenvalue weighted by Crippen LogP contribution is -2.26. The van der Waals surface area contributed by atoms with Crippen LogP contribution in [0.5, 0.6) is 0 Å². The molecule has 0 fully saturated rings. The Morgan fingerprint density at radius 2 is 0.685 bits per heavy atom. The number of rotatable bonds is 22. The van der Waals surface area contributed by atoms with E-state index in [9.17, 15) is 9.59 Å². The number of hydrogen-bond acceptors (Lipinski definition) is 6. The third-order valence-corrected chi connectivity index (χ3v) is 9.94. The minimum atomic E-state index is 0. The van der Waals surface area contributed by atoms with E-state index in [0.717, 1.165) is 121 Å². The average Bonchev–Trinajstić information content (AvgIpc) is 3.18.